The first-order valence-electron chi connectivity index (χ1n) is 6.64. The van der Waals surface area contributed by atoms with Crippen molar-refractivity contribution in [1.82, 2.24) is 0 Å². The van der Waals surface area contributed by atoms with Gasteiger partial charge in [0, 0.05) is 18.3 Å². The van der Waals surface area contributed by atoms with E-state index in [2.05, 4.69) is 18.2 Å². The molecule has 0 radical (unpaired) electrons. The molecule has 0 aliphatic heterocycles. The highest BCUT2D eigenvalue weighted by atomic mass is 14.3. The highest BCUT2D eigenvalue weighted by molar-refractivity contribution is 4.95. The largest absolute Gasteiger partial charge is 0.198 e. The van der Waals surface area contributed by atoms with Crippen LogP contribution in [0.1, 0.15) is 44.9 Å². The van der Waals surface area contributed by atoms with E-state index >= 15 is 0 Å². The number of rotatable bonds is 9. The van der Waals surface area contributed by atoms with Gasteiger partial charge in [-0.15, -0.1) is 0 Å². The molecule has 102 valence electrons. The molecular formula is C15H17N5. The minimum atomic E-state index is -0.338. The van der Waals surface area contributed by atoms with Gasteiger partial charge in [0.1, 0.15) is 0 Å². The number of hydrogen-bond acceptors (Lipinski definition) is 5. The quantitative estimate of drug-likeness (QED) is 0.594. The van der Waals surface area contributed by atoms with Crippen molar-refractivity contribution >= 4 is 0 Å². The smallest absolute Gasteiger partial charge is 0.0666 e. The molecule has 0 bridgehead atoms. The first-order chi connectivity index (χ1) is 9.71. The van der Waals surface area contributed by atoms with Crippen molar-refractivity contribution in [2.45, 2.75) is 44.9 Å². The number of hydrogen-bond donors (Lipinski definition) is 0. The summed E-state index contributed by atoms with van der Waals surface area (Å²) >= 11 is 0. The summed E-state index contributed by atoms with van der Waals surface area (Å²) in [6.07, 6.45) is 3.42. The fourth-order valence-electron chi connectivity index (χ4n) is 1.97. The molecule has 5 nitrogen and oxygen atoms in total. The molecule has 0 saturated heterocycles. The van der Waals surface area contributed by atoms with Gasteiger partial charge < -0.3 is 0 Å². The zero-order valence-corrected chi connectivity index (χ0v) is 11.4. The van der Waals surface area contributed by atoms with Gasteiger partial charge in [-0.2, -0.15) is 26.3 Å². The average Bonchev–Trinajstić information content (AvgIpc) is 2.48. The van der Waals surface area contributed by atoms with Crippen LogP contribution in [0.5, 0.6) is 0 Å². The molecule has 0 aromatic rings. The molecule has 0 heterocycles. The number of unbranched alkanes of at least 4 members (excludes halogenated alkanes) is 1. The number of nitriles is 5. The summed E-state index contributed by atoms with van der Waals surface area (Å²) in [6, 6.07) is 10.4. The molecule has 0 rings (SSSR count). The minimum absolute atomic E-state index is 0.179. The molecule has 0 aromatic carbocycles. The van der Waals surface area contributed by atoms with Gasteiger partial charge in [0.15, 0.2) is 0 Å². The standard InChI is InChI=1S/C15H17N5/c16-7-2-1-3-14(11-19)9-15(12-20)5-4-13(10-18)6-8-17/h13-15H,1-6,9H2. The van der Waals surface area contributed by atoms with Crippen LogP contribution in [-0.2, 0) is 0 Å². The van der Waals surface area contributed by atoms with Gasteiger partial charge in [0.2, 0.25) is 0 Å². The van der Waals surface area contributed by atoms with E-state index in [4.69, 9.17) is 26.3 Å². The van der Waals surface area contributed by atoms with E-state index in [0.29, 0.717) is 38.5 Å². The highest BCUT2D eigenvalue weighted by Crippen LogP contribution is 2.23. The Labute approximate surface area is 120 Å². The molecule has 5 heteroatoms. The van der Waals surface area contributed by atoms with Gasteiger partial charge in [-0.25, -0.2) is 0 Å². The topological polar surface area (TPSA) is 119 Å². The molecular weight excluding hydrogens is 250 g/mol. The maximum Gasteiger partial charge on any atom is 0.0666 e. The van der Waals surface area contributed by atoms with Crippen LogP contribution in [-0.4, -0.2) is 0 Å². The zero-order valence-electron chi connectivity index (χ0n) is 11.4. The monoisotopic (exact) mass is 267 g/mol. The van der Waals surface area contributed by atoms with E-state index in [1.807, 2.05) is 12.1 Å². The van der Waals surface area contributed by atoms with E-state index in [1.165, 1.54) is 0 Å². The molecule has 3 unspecified atom stereocenters. The average molecular weight is 267 g/mol. The molecule has 0 saturated carbocycles. The normalized spacial score (nSPS) is 13.6. The first-order valence-corrected chi connectivity index (χ1v) is 6.64. The molecule has 0 aromatic heterocycles. The lowest BCUT2D eigenvalue weighted by Crippen LogP contribution is -2.08. The van der Waals surface area contributed by atoms with Gasteiger partial charge in [-0.1, -0.05) is 0 Å². The van der Waals surface area contributed by atoms with Crippen LogP contribution in [0.15, 0.2) is 0 Å². The summed E-state index contributed by atoms with van der Waals surface area (Å²) in [6.45, 7) is 0. The van der Waals surface area contributed by atoms with E-state index < -0.39 is 0 Å². The Morgan fingerprint density at radius 1 is 0.650 bits per heavy atom. The fourth-order valence-corrected chi connectivity index (χ4v) is 1.97. The lowest BCUT2D eigenvalue weighted by atomic mass is 9.87. The van der Waals surface area contributed by atoms with Crippen molar-refractivity contribution < 1.29 is 0 Å². The summed E-state index contributed by atoms with van der Waals surface area (Å²) in [5.74, 6) is -0.823. The molecule has 0 aliphatic rings. The van der Waals surface area contributed by atoms with Gasteiger partial charge in [-0.05, 0) is 32.1 Å². The third-order valence-corrected chi connectivity index (χ3v) is 3.16. The Kier molecular flexibility index (Phi) is 10.1. The Morgan fingerprint density at radius 2 is 1.20 bits per heavy atom. The van der Waals surface area contributed by atoms with Crippen molar-refractivity contribution in [3.63, 3.8) is 0 Å². The Hall–Kier alpha value is -2.55. The lowest BCUT2D eigenvalue weighted by Gasteiger charge is -2.13. The second kappa shape index (κ2) is 11.5. The van der Waals surface area contributed by atoms with Crippen LogP contribution in [0.4, 0.5) is 0 Å². The second-order valence-corrected chi connectivity index (χ2v) is 4.70. The highest BCUT2D eigenvalue weighted by Gasteiger charge is 2.18. The molecule has 20 heavy (non-hydrogen) atoms. The Bertz CT molecular complexity index is 477. The fraction of sp³-hybridized carbons (Fsp3) is 0.667. The zero-order chi connectivity index (χ0) is 15.2. The summed E-state index contributed by atoms with van der Waals surface area (Å²) in [5, 5.41) is 44.0. The van der Waals surface area contributed by atoms with Crippen molar-refractivity contribution in [3.05, 3.63) is 0 Å². The minimum Gasteiger partial charge on any atom is -0.198 e. The van der Waals surface area contributed by atoms with Gasteiger partial charge in [0.05, 0.1) is 42.7 Å². The molecule has 0 aliphatic carbocycles. The summed E-state index contributed by atoms with van der Waals surface area (Å²) < 4.78 is 0. The van der Waals surface area contributed by atoms with Crippen LogP contribution in [0.25, 0.3) is 0 Å². The van der Waals surface area contributed by atoms with Crippen LogP contribution < -0.4 is 0 Å². The summed E-state index contributed by atoms with van der Waals surface area (Å²) in [7, 11) is 0. The van der Waals surface area contributed by atoms with Crippen molar-refractivity contribution in [2.75, 3.05) is 0 Å². The molecule has 3 atom stereocenters. The van der Waals surface area contributed by atoms with Crippen LogP contribution in [0, 0.1) is 74.4 Å². The van der Waals surface area contributed by atoms with Crippen LogP contribution in [0.2, 0.25) is 0 Å². The van der Waals surface area contributed by atoms with Crippen LogP contribution >= 0.6 is 0 Å². The molecule has 0 spiro atoms. The van der Waals surface area contributed by atoms with Gasteiger partial charge in [0.25, 0.3) is 0 Å². The van der Waals surface area contributed by atoms with Crippen molar-refractivity contribution in [1.29, 1.82) is 26.3 Å². The van der Waals surface area contributed by atoms with E-state index in [-0.39, 0.29) is 24.2 Å². The molecule has 0 fully saturated rings. The SMILES string of the molecule is N#CCCCC(C#N)CC(C#N)CCC(C#N)CC#N. The summed E-state index contributed by atoms with van der Waals surface area (Å²) in [4.78, 5) is 0. The third kappa shape index (κ3) is 7.71. The van der Waals surface area contributed by atoms with Crippen molar-refractivity contribution in [3.8, 4) is 30.3 Å². The maximum absolute atomic E-state index is 9.10. The Balaban J connectivity index is 4.24. The predicted molar refractivity (Wildman–Crippen MR) is 70.9 cm³/mol. The molecule has 0 amide bonds. The maximum atomic E-state index is 9.10. The second-order valence-electron chi connectivity index (χ2n) is 4.70. The van der Waals surface area contributed by atoms with E-state index in [1.54, 1.807) is 0 Å². The predicted octanol–water partition coefficient (Wildman–Crippen LogP) is 3.18. The van der Waals surface area contributed by atoms with E-state index in [9.17, 15) is 0 Å². The summed E-state index contributed by atoms with van der Waals surface area (Å²) in [5.41, 5.74) is 0. The van der Waals surface area contributed by atoms with Gasteiger partial charge >= 0.3 is 0 Å². The van der Waals surface area contributed by atoms with Gasteiger partial charge in [-0.3, -0.25) is 0 Å². The third-order valence-electron chi connectivity index (χ3n) is 3.16. The first kappa shape index (κ1) is 17.4. The molecule has 0 N–H and O–H groups in total. The van der Waals surface area contributed by atoms with Crippen LogP contribution in [0.3, 0.4) is 0 Å². The number of nitrogens with zero attached hydrogens (tertiary/aromatic N) is 5. The van der Waals surface area contributed by atoms with E-state index in [0.717, 1.165) is 0 Å². The Morgan fingerprint density at radius 3 is 1.70 bits per heavy atom. The lowest BCUT2D eigenvalue weighted by molar-refractivity contribution is 0.417. The van der Waals surface area contributed by atoms with Crippen molar-refractivity contribution in [2.24, 2.45) is 17.8 Å².